The van der Waals surface area contributed by atoms with Crippen molar-refractivity contribution in [1.29, 1.82) is 0 Å². The molecule has 3 aliphatic rings. The molecule has 5 nitrogen and oxygen atoms in total. The number of allylic oxidation sites excluding steroid dienone is 8. The zero-order chi connectivity index (χ0) is 39.5. The Bertz CT molecular complexity index is 2050. The van der Waals surface area contributed by atoms with Crippen molar-refractivity contribution in [2.75, 3.05) is 50.3 Å². The Balaban J connectivity index is 1.40. The summed E-state index contributed by atoms with van der Waals surface area (Å²) in [6, 6.07) is 35.6. The molecule has 4 aromatic rings. The van der Waals surface area contributed by atoms with Crippen LogP contribution in [-0.4, -0.2) is 46.2 Å². The number of hydrogen-bond donors (Lipinski definition) is 0. The van der Waals surface area contributed by atoms with Crippen LogP contribution in [0.15, 0.2) is 144 Å². The summed E-state index contributed by atoms with van der Waals surface area (Å²) in [6.07, 6.45) is 13.5. The van der Waals surface area contributed by atoms with Gasteiger partial charge in [-0.25, -0.2) is 0 Å². The monoisotopic (exact) mass is 746 g/mol. The van der Waals surface area contributed by atoms with Crippen LogP contribution in [0.3, 0.4) is 0 Å². The van der Waals surface area contributed by atoms with Crippen molar-refractivity contribution in [3.8, 4) is 0 Å². The SMILES string of the molecule is COCCCN1C(=CC=C2CC/C(=C/C=C3/N(CCCOC)c4ccc(C)cc4C3(C)C)C2=[N+](c2ccccc2)c2ccccc2)C(C)(C)c2cc(C)ccc21. The molecule has 1 fully saturated rings. The summed E-state index contributed by atoms with van der Waals surface area (Å²) < 4.78 is 13.5. The van der Waals surface area contributed by atoms with Gasteiger partial charge in [-0.3, -0.25) is 0 Å². The molecule has 0 spiro atoms. The maximum absolute atomic E-state index is 5.51. The Morgan fingerprint density at radius 1 is 0.571 bits per heavy atom. The van der Waals surface area contributed by atoms with E-state index in [-0.39, 0.29) is 10.8 Å². The van der Waals surface area contributed by atoms with Crippen LogP contribution in [0.4, 0.5) is 22.7 Å². The molecule has 0 saturated heterocycles. The van der Waals surface area contributed by atoms with Crippen LogP contribution >= 0.6 is 0 Å². The van der Waals surface area contributed by atoms with Crippen LogP contribution in [0.2, 0.25) is 0 Å². The van der Waals surface area contributed by atoms with Crippen molar-refractivity contribution < 1.29 is 9.47 Å². The van der Waals surface area contributed by atoms with E-state index in [4.69, 9.17) is 9.47 Å². The highest BCUT2D eigenvalue weighted by Gasteiger charge is 2.42. The van der Waals surface area contributed by atoms with Gasteiger partial charge in [-0.15, -0.1) is 0 Å². The minimum absolute atomic E-state index is 0.139. The van der Waals surface area contributed by atoms with Crippen LogP contribution in [0.5, 0.6) is 0 Å². The molecule has 7 rings (SSSR count). The van der Waals surface area contributed by atoms with Crippen molar-refractivity contribution in [2.45, 2.75) is 78.1 Å². The summed E-state index contributed by atoms with van der Waals surface area (Å²) in [5, 5.41) is 0. The molecule has 4 aromatic carbocycles. The van der Waals surface area contributed by atoms with E-state index in [9.17, 15) is 0 Å². The first-order chi connectivity index (χ1) is 27.1. The van der Waals surface area contributed by atoms with E-state index >= 15 is 0 Å². The quantitative estimate of drug-likeness (QED) is 0.107. The maximum atomic E-state index is 5.51. The smallest absolute Gasteiger partial charge is 0.218 e. The largest absolute Gasteiger partial charge is 0.385 e. The first-order valence-corrected chi connectivity index (χ1v) is 20.4. The lowest BCUT2D eigenvalue weighted by atomic mass is 9.83. The summed E-state index contributed by atoms with van der Waals surface area (Å²) in [5.41, 5.74) is 16.6. The second kappa shape index (κ2) is 16.6. The van der Waals surface area contributed by atoms with Crippen molar-refractivity contribution in [2.24, 2.45) is 0 Å². The minimum Gasteiger partial charge on any atom is -0.385 e. The number of para-hydroxylation sites is 2. The van der Waals surface area contributed by atoms with Crippen LogP contribution < -0.4 is 14.4 Å². The molecule has 0 N–H and O–H groups in total. The van der Waals surface area contributed by atoms with Gasteiger partial charge in [-0.1, -0.05) is 112 Å². The van der Waals surface area contributed by atoms with Gasteiger partial charge in [0.15, 0.2) is 0 Å². The first kappa shape index (κ1) is 39.3. The number of aryl methyl sites for hydroxylation is 2. The lowest BCUT2D eigenvalue weighted by Crippen LogP contribution is -2.27. The van der Waals surface area contributed by atoms with Crippen LogP contribution in [0.25, 0.3) is 0 Å². The van der Waals surface area contributed by atoms with E-state index in [0.29, 0.717) is 0 Å². The molecule has 1 aliphatic carbocycles. The van der Waals surface area contributed by atoms with Crippen LogP contribution in [-0.2, 0) is 20.3 Å². The van der Waals surface area contributed by atoms with E-state index in [1.807, 2.05) is 0 Å². The highest BCUT2D eigenvalue weighted by atomic mass is 16.5. The van der Waals surface area contributed by atoms with Crippen LogP contribution in [0.1, 0.15) is 75.6 Å². The fourth-order valence-corrected chi connectivity index (χ4v) is 9.04. The molecule has 0 bridgehead atoms. The summed E-state index contributed by atoms with van der Waals surface area (Å²) in [6.45, 7) is 17.2. The van der Waals surface area contributed by atoms with Crippen LogP contribution in [0, 0.1) is 13.8 Å². The van der Waals surface area contributed by atoms with Gasteiger partial charge in [0.2, 0.25) is 17.1 Å². The molecule has 0 radical (unpaired) electrons. The summed E-state index contributed by atoms with van der Waals surface area (Å²) in [4.78, 5) is 5.07. The molecular formula is C51H60N3O2+. The Morgan fingerprint density at radius 3 is 1.38 bits per heavy atom. The lowest BCUT2D eigenvalue weighted by Gasteiger charge is -2.27. The number of hydrogen-bond acceptors (Lipinski definition) is 4. The summed E-state index contributed by atoms with van der Waals surface area (Å²) in [7, 11) is 3.59. The molecule has 290 valence electrons. The highest BCUT2D eigenvalue weighted by Crippen LogP contribution is 2.50. The molecule has 1 saturated carbocycles. The molecule has 2 heterocycles. The number of benzene rings is 4. The molecule has 5 heteroatoms. The fourth-order valence-electron chi connectivity index (χ4n) is 9.04. The van der Waals surface area contributed by atoms with Crippen molar-refractivity contribution in [3.63, 3.8) is 0 Å². The van der Waals surface area contributed by atoms with Crippen molar-refractivity contribution in [3.05, 3.63) is 166 Å². The van der Waals surface area contributed by atoms with Gasteiger partial charge in [0, 0.05) is 110 Å². The van der Waals surface area contributed by atoms with Gasteiger partial charge in [-0.2, -0.15) is 4.58 Å². The molecular weight excluding hydrogens is 687 g/mol. The highest BCUT2D eigenvalue weighted by molar-refractivity contribution is 6.17. The van der Waals surface area contributed by atoms with Gasteiger partial charge in [0.1, 0.15) is 0 Å². The van der Waals surface area contributed by atoms with Crippen molar-refractivity contribution >= 4 is 28.5 Å². The Morgan fingerprint density at radius 2 is 0.982 bits per heavy atom. The predicted molar refractivity (Wildman–Crippen MR) is 237 cm³/mol. The zero-order valence-corrected chi connectivity index (χ0v) is 34.9. The van der Waals surface area contributed by atoms with Crippen molar-refractivity contribution in [1.82, 2.24) is 4.58 Å². The molecule has 0 atom stereocenters. The molecule has 56 heavy (non-hydrogen) atoms. The van der Waals surface area contributed by atoms with Gasteiger partial charge in [-0.05, 0) is 74.9 Å². The third kappa shape index (κ3) is 7.60. The average Bonchev–Trinajstić information content (AvgIpc) is 3.75. The second-order valence-electron chi connectivity index (χ2n) is 16.6. The third-order valence-corrected chi connectivity index (χ3v) is 12.0. The third-order valence-electron chi connectivity index (χ3n) is 12.0. The van der Waals surface area contributed by atoms with Gasteiger partial charge < -0.3 is 19.3 Å². The number of anilines is 2. The Hall–Kier alpha value is -4.97. The number of nitrogens with zero attached hydrogens (tertiary/aromatic N) is 3. The van der Waals surface area contributed by atoms with E-state index < -0.39 is 0 Å². The normalized spacial score (nSPS) is 19.8. The fraction of sp³-hybridized carbons (Fsp3) is 0.353. The predicted octanol–water partition coefficient (Wildman–Crippen LogP) is 11.7. The van der Waals surface area contributed by atoms with E-state index in [1.165, 1.54) is 61.9 Å². The lowest BCUT2D eigenvalue weighted by molar-refractivity contribution is 0.196. The van der Waals surface area contributed by atoms with E-state index in [2.05, 4.69) is 177 Å². The van der Waals surface area contributed by atoms with Gasteiger partial charge in [0.25, 0.3) is 0 Å². The molecule has 0 aromatic heterocycles. The number of ether oxygens (including phenoxy) is 2. The zero-order valence-electron chi connectivity index (χ0n) is 34.9. The number of fused-ring (bicyclic) bond motifs is 2. The maximum Gasteiger partial charge on any atom is 0.218 e. The van der Waals surface area contributed by atoms with E-state index in [1.54, 1.807) is 14.2 Å². The second-order valence-corrected chi connectivity index (χ2v) is 16.6. The Labute approximate surface area is 336 Å². The topological polar surface area (TPSA) is 28.0 Å². The number of methoxy groups -OCH3 is 2. The Kier molecular flexibility index (Phi) is 11.7. The molecule has 2 aliphatic heterocycles. The van der Waals surface area contributed by atoms with Gasteiger partial charge in [0.05, 0.1) is 0 Å². The molecule has 0 unspecified atom stereocenters. The first-order valence-electron chi connectivity index (χ1n) is 20.4. The summed E-state index contributed by atoms with van der Waals surface area (Å²) in [5.74, 6) is 0. The standard InChI is InChI=1S/C51H60N3O2/c1-37-21-27-45-43(35-37)50(3,4)47(52(45)31-15-33-55-7)29-25-39-23-24-40(49(39)54(41-17-11-9-12-18-41)42-19-13-10-14-20-42)26-30-48-51(5,6)44-36-38(2)22-28-46(44)53(48)32-16-34-56-8/h9-14,17-22,25-30,35-36H,15-16,23-24,31-34H2,1-8H3/q+1. The van der Waals surface area contributed by atoms with Gasteiger partial charge >= 0.3 is 0 Å². The molecule has 0 amide bonds. The van der Waals surface area contributed by atoms with E-state index in [0.717, 1.165) is 63.4 Å². The summed E-state index contributed by atoms with van der Waals surface area (Å²) >= 11 is 0. The minimum atomic E-state index is -0.139. The average molecular weight is 747 g/mol. The number of rotatable bonds is 12.